The number of para-hydroxylation sites is 1. The number of H-pyrrole nitrogens is 1. The second-order valence-corrected chi connectivity index (χ2v) is 11.2. The number of carbonyl (C=O) groups excluding carboxylic acids is 1. The summed E-state index contributed by atoms with van der Waals surface area (Å²) in [7, 11) is 0. The normalized spacial score (nSPS) is 15.0. The number of thioether (sulfide) groups is 1. The molecule has 0 unspecified atom stereocenters. The van der Waals surface area contributed by atoms with Crippen LogP contribution in [0.2, 0.25) is 5.02 Å². The molecular formula is C28H26BrClN2OS. The van der Waals surface area contributed by atoms with Crippen LogP contribution in [0.5, 0.6) is 0 Å². The Morgan fingerprint density at radius 1 is 1.00 bits per heavy atom. The Labute approximate surface area is 217 Å². The Bertz CT molecular complexity index is 1290. The summed E-state index contributed by atoms with van der Waals surface area (Å²) in [6.45, 7) is 0.623. The van der Waals surface area contributed by atoms with Crippen LogP contribution in [0, 0.1) is 0 Å². The lowest BCUT2D eigenvalue weighted by atomic mass is 9.78. The first-order valence-corrected chi connectivity index (χ1v) is 13.8. The Kier molecular flexibility index (Phi) is 7.05. The van der Waals surface area contributed by atoms with E-state index in [1.54, 1.807) is 11.8 Å². The molecule has 5 rings (SSSR count). The summed E-state index contributed by atoms with van der Waals surface area (Å²) in [5.74, 6) is 0.938. The van der Waals surface area contributed by atoms with Crippen LogP contribution in [-0.2, 0) is 10.2 Å². The van der Waals surface area contributed by atoms with Crippen molar-refractivity contribution < 1.29 is 4.79 Å². The lowest BCUT2D eigenvalue weighted by molar-refractivity contribution is -0.126. The highest BCUT2D eigenvalue weighted by molar-refractivity contribution is 9.10. The van der Waals surface area contributed by atoms with Gasteiger partial charge in [-0.15, -0.1) is 11.8 Å². The van der Waals surface area contributed by atoms with Gasteiger partial charge in [-0.2, -0.15) is 0 Å². The molecular weight excluding hydrogens is 528 g/mol. The molecule has 1 aliphatic carbocycles. The van der Waals surface area contributed by atoms with E-state index in [9.17, 15) is 4.79 Å². The third kappa shape index (κ3) is 4.66. The van der Waals surface area contributed by atoms with Gasteiger partial charge in [0.15, 0.2) is 0 Å². The molecule has 0 aliphatic heterocycles. The van der Waals surface area contributed by atoms with E-state index in [2.05, 4.69) is 74.8 Å². The lowest BCUT2D eigenvalue weighted by Gasteiger charge is -2.28. The first-order chi connectivity index (χ1) is 16.6. The van der Waals surface area contributed by atoms with E-state index in [1.807, 2.05) is 24.3 Å². The van der Waals surface area contributed by atoms with Crippen LogP contribution >= 0.6 is 39.3 Å². The summed E-state index contributed by atoms with van der Waals surface area (Å²) < 4.78 is 1.06. The molecule has 0 spiro atoms. The lowest BCUT2D eigenvalue weighted by Crippen LogP contribution is -2.43. The van der Waals surface area contributed by atoms with Crippen molar-refractivity contribution in [2.24, 2.45) is 0 Å². The van der Waals surface area contributed by atoms with Gasteiger partial charge in [0.1, 0.15) is 0 Å². The zero-order chi connectivity index (χ0) is 23.5. The van der Waals surface area contributed by atoms with Crippen molar-refractivity contribution in [2.45, 2.75) is 36.0 Å². The highest BCUT2D eigenvalue weighted by Crippen LogP contribution is 2.42. The number of benzene rings is 3. The highest BCUT2D eigenvalue weighted by Gasteiger charge is 2.42. The van der Waals surface area contributed by atoms with Crippen molar-refractivity contribution in [3.05, 3.63) is 87.9 Å². The number of hydrogen-bond donors (Lipinski definition) is 2. The fraction of sp³-hybridized carbons (Fsp3) is 0.250. The summed E-state index contributed by atoms with van der Waals surface area (Å²) in [5, 5.41) is 5.16. The second kappa shape index (κ2) is 10.2. The van der Waals surface area contributed by atoms with Gasteiger partial charge in [0, 0.05) is 37.6 Å². The maximum atomic E-state index is 13.4. The van der Waals surface area contributed by atoms with Gasteiger partial charge in [-0.1, -0.05) is 82.8 Å². The van der Waals surface area contributed by atoms with Crippen molar-refractivity contribution in [3.63, 3.8) is 0 Å². The molecule has 0 atom stereocenters. The van der Waals surface area contributed by atoms with Crippen LogP contribution in [0.3, 0.4) is 0 Å². The third-order valence-corrected chi connectivity index (χ3v) is 8.62. The Morgan fingerprint density at radius 3 is 2.44 bits per heavy atom. The molecule has 0 radical (unpaired) electrons. The molecule has 0 saturated heterocycles. The third-order valence-electron chi connectivity index (χ3n) is 6.71. The largest absolute Gasteiger partial charge is 0.354 e. The monoisotopic (exact) mass is 552 g/mol. The van der Waals surface area contributed by atoms with E-state index in [-0.39, 0.29) is 5.91 Å². The van der Waals surface area contributed by atoms with Crippen LogP contribution in [-0.4, -0.2) is 23.2 Å². The Hall–Kier alpha value is -2.21. The molecule has 174 valence electrons. The molecule has 1 heterocycles. The summed E-state index contributed by atoms with van der Waals surface area (Å²) in [4.78, 5) is 18.2. The van der Waals surface area contributed by atoms with Gasteiger partial charge < -0.3 is 10.3 Å². The van der Waals surface area contributed by atoms with Gasteiger partial charge in [-0.05, 0) is 54.3 Å². The van der Waals surface area contributed by atoms with Gasteiger partial charge >= 0.3 is 0 Å². The summed E-state index contributed by atoms with van der Waals surface area (Å²) in [6.07, 6.45) is 3.95. The van der Waals surface area contributed by atoms with Crippen molar-refractivity contribution in [1.29, 1.82) is 0 Å². The number of halogens is 2. The number of hydrogen-bond acceptors (Lipinski definition) is 2. The molecule has 3 aromatic carbocycles. The van der Waals surface area contributed by atoms with Gasteiger partial charge in [0.05, 0.1) is 11.1 Å². The van der Waals surface area contributed by atoms with Crippen LogP contribution in [0.25, 0.3) is 22.2 Å². The zero-order valence-electron chi connectivity index (χ0n) is 18.7. The number of carbonyl (C=O) groups is 1. The minimum absolute atomic E-state index is 0.139. The first kappa shape index (κ1) is 23.5. The van der Waals surface area contributed by atoms with Crippen LogP contribution < -0.4 is 5.32 Å². The molecule has 34 heavy (non-hydrogen) atoms. The van der Waals surface area contributed by atoms with E-state index in [0.29, 0.717) is 11.6 Å². The molecule has 1 aromatic heterocycles. The van der Waals surface area contributed by atoms with E-state index in [1.165, 1.54) is 10.3 Å². The molecule has 3 nitrogen and oxygen atoms in total. The number of rotatable bonds is 7. The van der Waals surface area contributed by atoms with Crippen LogP contribution in [0.15, 0.2) is 82.2 Å². The molecule has 0 bridgehead atoms. The van der Waals surface area contributed by atoms with E-state index >= 15 is 0 Å². The maximum Gasteiger partial charge on any atom is 0.230 e. The fourth-order valence-corrected chi connectivity index (χ4v) is 6.41. The van der Waals surface area contributed by atoms with Gasteiger partial charge in [-0.25, -0.2) is 0 Å². The number of aromatic amines is 1. The molecule has 1 saturated carbocycles. The summed E-state index contributed by atoms with van der Waals surface area (Å²) >= 11 is 11.4. The maximum absolute atomic E-state index is 13.4. The quantitative estimate of drug-likeness (QED) is 0.180. The Morgan fingerprint density at radius 2 is 1.71 bits per heavy atom. The topological polar surface area (TPSA) is 44.9 Å². The van der Waals surface area contributed by atoms with Crippen molar-refractivity contribution >= 4 is 56.1 Å². The van der Waals surface area contributed by atoms with Gasteiger partial charge in [0.25, 0.3) is 0 Å². The predicted molar refractivity (Wildman–Crippen MR) is 147 cm³/mol. The fourth-order valence-electron chi connectivity index (χ4n) is 4.97. The summed E-state index contributed by atoms with van der Waals surface area (Å²) in [6, 6.07) is 24.6. The molecule has 2 N–H and O–H groups in total. The van der Waals surface area contributed by atoms with Crippen molar-refractivity contribution in [2.75, 3.05) is 12.3 Å². The molecule has 6 heteroatoms. The van der Waals surface area contributed by atoms with Gasteiger partial charge in [-0.3, -0.25) is 4.79 Å². The summed E-state index contributed by atoms with van der Waals surface area (Å²) in [5.41, 5.74) is 4.05. The first-order valence-electron chi connectivity index (χ1n) is 11.6. The van der Waals surface area contributed by atoms with E-state index in [0.717, 1.165) is 58.2 Å². The Balaban J connectivity index is 1.31. The number of nitrogens with one attached hydrogen (secondary N) is 2. The molecule has 1 fully saturated rings. The van der Waals surface area contributed by atoms with E-state index < -0.39 is 5.41 Å². The minimum Gasteiger partial charge on any atom is -0.354 e. The predicted octanol–water partition coefficient (Wildman–Crippen LogP) is 7.97. The van der Waals surface area contributed by atoms with Crippen molar-refractivity contribution in [3.8, 4) is 11.3 Å². The van der Waals surface area contributed by atoms with E-state index in [4.69, 9.17) is 11.6 Å². The molecule has 1 aliphatic rings. The van der Waals surface area contributed by atoms with Crippen molar-refractivity contribution in [1.82, 2.24) is 10.3 Å². The molecule has 1 amide bonds. The molecule has 4 aromatic rings. The smallest absolute Gasteiger partial charge is 0.230 e. The number of amides is 1. The zero-order valence-corrected chi connectivity index (χ0v) is 21.9. The second-order valence-electron chi connectivity index (χ2n) is 8.78. The van der Waals surface area contributed by atoms with Gasteiger partial charge in [0.2, 0.25) is 5.91 Å². The highest BCUT2D eigenvalue weighted by atomic mass is 79.9. The average Bonchev–Trinajstić information content (AvgIpc) is 3.49. The number of aromatic nitrogens is 1. The average molecular weight is 554 g/mol. The van der Waals surface area contributed by atoms with Crippen LogP contribution in [0.1, 0.15) is 31.2 Å². The standard InChI is InChI=1S/C28H26BrClN2OS/c29-21-11-7-19(8-12-21)25-26(23-5-1-2-6-24(23)32-25)34-18-17-31-27(33)28(15-3-4-16-28)20-9-13-22(30)14-10-20/h1-2,5-14,32H,3-4,15-18H2,(H,31,33). The minimum atomic E-state index is -0.432. The van der Waals surface area contributed by atoms with Crippen LogP contribution in [0.4, 0.5) is 0 Å². The number of fused-ring (bicyclic) bond motifs is 1. The SMILES string of the molecule is O=C(NCCSc1c(-c2ccc(Br)cc2)[nH]c2ccccc12)C1(c2ccc(Cl)cc2)CCCC1.